The van der Waals surface area contributed by atoms with Gasteiger partial charge in [-0.15, -0.1) is 0 Å². The highest BCUT2D eigenvalue weighted by Crippen LogP contribution is 2.53. The monoisotopic (exact) mass is 576 g/mol. The molecule has 3 rings (SSSR count). The molecule has 10 nitrogen and oxygen atoms in total. The first-order valence-corrected chi connectivity index (χ1v) is 14.0. The fourth-order valence-corrected chi connectivity index (χ4v) is 6.06. The number of aromatic nitrogens is 2. The van der Waals surface area contributed by atoms with Crippen LogP contribution in [0.15, 0.2) is 42.6 Å². The number of nitrogens with zero attached hydrogens (tertiary/aromatic N) is 1. The number of halogens is 1. The summed E-state index contributed by atoms with van der Waals surface area (Å²) in [6, 6.07) is 9.46. The lowest BCUT2D eigenvalue weighted by Crippen LogP contribution is -2.49. The van der Waals surface area contributed by atoms with Gasteiger partial charge in [0.1, 0.15) is 28.7 Å². The van der Waals surface area contributed by atoms with Crippen molar-refractivity contribution in [2.45, 2.75) is 57.6 Å². The predicted molar refractivity (Wildman–Crippen MR) is 137 cm³/mol. The molecule has 37 heavy (non-hydrogen) atoms. The van der Waals surface area contributed by atoms with Crippen LogP contribution in [0.3, 0.4) is 0 Å². The number of hydrogen-bond acceptors (Lipinski definition) is 10. The Morgan fingerprint density at radius 3 is 2.51 bits per heavy atom. The first-order chi connectivity index (χ1) is 17.2. The van der Waals surface area contributed by atoms with Gasteiger partial charge in [0.15, 0.2) is 11.0 Å². The third-order valence-corrected chi connectivity index (χ3v) is 8.13. The molecule has 0 spiro atoms. The van der Waals surface area contributed by atoms with Gasteiger partial charge in [0, 0.05) is 6.20 Å². The molecule has 1 fully saturated rings. The molecule has 1 aromatic carbocycles. The van der Waals surface area contributed by atoms with E-state index >= 15 is 4.39 Å². The second-order valence-corrected chi connectivity index (χ2v) is 12.1. The Bertz CT molecular complexity index is 1270. The van der Waals surface area contributed by atoms with E-state index in [4.69, 9.17) is 43.0 Å². The van der Waals surface area contributed by atoms with E-state index in [1.54, 1.807) is 32.0 Å². The SMILES string of the molecule is CC(C)OC(=O)[C@H](C)CP(=O)(OC[C@@]1(F)O[C@@H](n2ccc(=S)[nH]c2=S)C(C)(O)[C@H]1O)Oc1ccccc1. The number of aliphatic hydroxyl groups excluding tert-OH is 1. The van der Waals surface area contributed by atoms with Gasteiger partial charge in [0.2, 0.25) is 0 Å². The van der Waals surface area contributed by atoms with Gasteiger partial charge in [0.25, 0.3) is 5.85 Å². The number of rotatable bonds is 10. The molecule has 0 radical (unpaired) electrons. The number of carbonyl (C=O) groups excluding carboxylic acids is 1. The highest BCUT2D eigenvalue weighted by atomic mass is 32.1. The molecule has 2 heterocycles. The second kappa shape index (κ2) is 11.4. The quantitative estimate of drug-likeness (QED) is 0.212. The number of para-hydroxylation sites is 1. The van der Waals surface area contributed by atoms with E-state index < -0.39 is 62.1 Å². The van der Waals surface area contributed by atoms with Gasteiger partial charge in [-0.1, -0.05) is 37.3 Å². The smallest absolute Gasteiger partial charge is 0.380 e. The Balaban J connectivity index is 1.86. The van der Waals surface area contributed by atoms with Crippen molar-refractivity contribution in [1.82, 2.24) is 9.55 Å². The zero-order valence-electron chi connectivity index (χ0n) is 20.7. The minimum absolute atomic E-state index is 0.0192. The van der Waals surface area contributed by atoms with Crippen LogP contribution < -0.4 is 4.52 Å². The van der Waals surface area contributed by atoms with Crippen LogP contribution in [-0.4, -0.2) is 62.2 Å². The molecule has 0 bridgehead atoms. The van der Waals surface area contributed by atoms with Gasteiger partial charge in [-0.3, -0.25) is 13.9 Å². The summed E-state index contributed by atoms with van der Waals surface area (Å²) in [5.41, 5.74) is -2.17. The van der Waals surface area contributed by atoms with Crippen LogP contribution in [0, 0.1) is 15.3 Å². The van der Waals surface area contributed by atoms with Gasteiger partial charge < -0.3 is 29.2 Å². The Morgan fingerprint density at radius 1 is 1.27 bits per heavy atom. The van der Waals surface area contributed by atoms with Gasteiger partial charge >= 0.3 is 13.6 Å². The van der Waals surface area contributed by atoms with E-state index in [0.29, 0.717) is 4.64 Å². The van der Waals surface area contributed by atoms with Gasteiger partial charge in [-0.05, 0) is 51.2 Å². The number of benzene rings is 1. The first-order valence-electron chi connectivity index (χ1n) is 11.4. The average molecular weight is 577 g/mol. The molecule has 0 amide bonds. The normalized spacial score (nSPS) is 28.0. The molecule has 204 valence electrons. The van der Waals surface area contributed by atoms with E-state index in [9.17, 15) is 19.6 Å². The largest absolute Gasteiger partial charge is 0.463 e. The van der Waals surface area contributed by atoms with Crippen LogP contribution in [0.1, 0.15) is 33.9 Å². The van der Waals surface area contributed by atoms with E-state index in [1.807, 2.05) is 0 Å². The second-order valence-electron chi connectivity index (χ2n) is 9.26. The molecule has 1 aromatic heterocycles. The lowest BCUT2D eigenvalue weighted by Gasteiger charge is -2.29. The predicted octanol–water partition coefficient (Wildman–Crippen LogP) is 4.46. The van der Waals surface area contributed by atoms with Crippen molar-refractivity contribution in [1.29, 1.82) is 0 Å². The lowest BCUT2D eigenvalue weighted by atomic mass is 9.95. The van der Waals surface area contributed by atoms with E-state index in [2.05, 4.69) is 4.98 Å². The fraction of sp³-hybridized carbons (Fsp3) is 0.522. The van der Waals surface area contributed by atoms with Crippen LogP contribution in [0.4, 0.5) is 4.39 Å². The van der Waals surface area contributed by atoms with Crippen molar-refractivity contribution < 1.29 is 42.5 Å². The number of ether oxygens (including phenoxy) is 2. The molecule has 0 saturated carbocycles. The molecule has 2 aromatic rings. The lowest BCUT2D eigenvalue weighted by molar-refractivity contribution is -0.203. The Kier molecular flexibility index (Phi) is 9.11. The third kappa shape index (κ3) is 6.91. The number of carbonyl (C=O) groups is 1. The molecule has 3 N–H and O–H groups in total. The van der Waals surface area contributed by atoms with Crippen molar-refractivity contribution in [3.05, 3.63) is 52.0 Å². The van der Waals surface area contributed by atoms with Crippen LogP contribution in [0.2, 0.25) is 0 Å². The van der Waals surface area contributed by atoms with E-state index in [-0.39, 0.29) is 10.5 Å². The standard InChI is InChI=1S/C23H30FN2O8PS2/c1-14(2)32-18(27)15(3)12-35(30,34-16-8-6-5-7-9-16)31-13-23(24)19(28)22(4,29)20(33-23)26-11-10-17(36)25-21(26)37/h5-11,14-15,19-20,28-29H,12-13H2,1-4H3,(H,25,36,37)/t15-,19-,20-,22?,23-,35?/m1/s1. The van der Waals surface area contributed by atoms with Crippen LogP contribution in [0.25, 0.3) is 0 Å². The number of H-pyrrole nitrogens is 1. The number of aliphatic hydroxyl groups is 2. The first kappa shape index (κ1) is 29.6. The molecular weight excluding hydrogens is 546 g/mol. The summed E-state index contributed by atoms with van der Waals surface area (Å²) in [5.74, 6) is -4.43. The van der Waals surface area contributed by atoms with Crippen molar-refractivity contribution in [2.75, 3.05) is 12.8 Å². The van der Waals surface area contributed by atoms with Crippen molar-refractivity contribution >= 4 is 38.0 Å². The summed E-state index contributed by atoms with van der Waals surface area (Å²) in [4.78, 5) is 15.0. The van der Waals surface area contributed by atoms with E-state index in [1.165, 1.54) is 35.9 Å². The maximum Gasteiger partial charge on any atom is 0.380 e. The minimum Gasteiger partial charge on any atom is -0.463 e. The molecule has 14 heteroatoms. The van der Waals surface area contributed by atoms with Crippen molar-refractivity contribution in [3.8, 4) is 5.75 Å². The van der Waals surface area contributed by atoms with Crippen LogP contribution in [-0.2, 0) is 23.4 Å². The molecule has 1 aliphatic heterocycles. The van der Waals surface area contributed by atoms with Gasteiger partial charge in [0.05, 0.1) is 18.2 Å². The third-order valence-electron chi connectivity index (χ3n) is 5.57. The highest BCUT2D eigenvalue weighted by Gasteiger charge is 2.63. The van der Waals surface area contributed by atoms with Crippen molar-refractivity contribution in [3.63, 3.8) is 0 Å². The summed E-state index contributed by atoms with van der Waals surface area (Å²) in [6.07, 6.45) is -3.09. The Morgan fingerprint density at radius 2 is 1.92 bits per heavy atom. The number of hydrogen-bond donors (Lipinski definition) is 3. The Hall–Kier alpha value is -1.99. The summed E-state index contributed by atoms with van der Waals surface area (Å²) in [6.45, 7) is 4.88. The summed E-state index contributed by atoms with van der Waals surface area (Å²) in [7, 11) is -4.23. The van der Waals surface area contributed by atoms with Gasteiger partial charge in [-0.25, -0.2) is 8.96 Å². The minimum atomic E-state index is -4.23. The van der Waals surface area contributed by atoms with Gasteiger partial charge in [-0.2, -0.15) is 0 Å². The zero-order chi connectivity index (χ0) is 27.6. The van der Waals surface area contributed by atoms with E-state index in [0.717, 1.165) is 6.92 Å². The number of esters is 1. The summed E-state index contributed by atoms with van der Waals surface area (Å²) >= 11 is 10.2. The maximum absolute atomic E-state index is 16.0. The molecule has 1 aliphatic rings. The number of nitrogens with one attached hydrogen (secondary N) is 1. The topological polar surface area (TPSA) is 132 Å². The maximum atomic E-state index is 16.0. The zero-order valence-corrected chi connectivity index (χ0v) is 23.2. The van der Waals surface area contributed by atoms with Crippen molar-refractivity contribution in [2.24, 2.45) is 5.92 Å². The number of alkyl halides is 1. The highest BCUT2D eigenvalue weighted by molar-refractivity contribution is 7.72. The molecular formula is C23H30FN2O8PS2. The van der Waals surface area contributed by atoms with Crippen LogP contribution in [0.5, 0.6) is 5.75 Å². The molecule has 0 aliphatic carbocycles. The summed E-state index contributed by atoms with van der Waals surface area (Å²) in [5, 5.41) is 21.6. The summed E-state index contributed by atoms with van der Waals surface area (Å²) < 4.78 is 52.8. The molecule has 6 atom stereocenters. The molecule has 2 unspecified atom stereocenters. The average Bonchev–Trinajstić information content (AvgIpc) is 2.98. The fourth-order valence-electron chi connectivity index (χ4n) is 3.71. The molecule has 1 saturated heterocycles. The number of aromatic amines is 1. The van der Waals surface area contributed by atoms with Crippen LogP contribution >= 0.6 is 32.0 Å². The Labute approximate surface area is 223 Å².